The first-order valence-corrected chi connectivity index (χ1v) is 8.79. The van der Waals surface area contributed by atoms with E-state index in [-0.39, 0.29) is 5.75 Å². The van der Waals surface area contributed by atoms with Gasteiger partial charge in [-0.3, -0.25) is 4.40 Å². The predicted molar refractivity (Wildman–Crippen MR) is 104 cm³/mol. The molecule has 0 aliphatic heterocycles. The molecule has 0 saturated heterocycles. The van der Waals surface area contributed by atoms with E-state index in [0.717, 1.165) is 12.1 Å². The van der Waals surface area contributed by atoms with Gasteiger partial charge in [0, 0.05) is 5.69 Å². The molecule has 0 aliphatic rings. The summed E-state index contributed by atoms with van der Waals surface area (Å²) in [4.78, 5) is 8.94. The van der Waals surface area contributed by atoms with Crippen molar-refractivity contribution in [3.63, 3.8) is 0 Å². The number of aromatic nitrogens is 3. The minimum atomic E-state index is -4.42. The van der Waals surface area contributed by atoms with Crippen LogP contribution in [0.3, 0.4) is 0 Å². The summed E-state index contributed by atoms with van der Waals surface area (Å²) < 4.78 is 39.9. The zero-order valence-corrected chi connectivity index (χ0v) is 15.6. The zero-order chi connectivity index (χ0) is 21.5. The Morgan fingerprint density at radius 1 is 1.07 bits per heavy atom. The van der Waals surface area contributed by atoms with E-state index in [0.29, 0.717) is 39.8 Å². The van der Waals surface area contributed by atoms with E-state index in [9.17, 15) is 23.5 Å². The van der Waals surface area contributed by atoms with E-state index in [1.807, 2.05) is 0 Å². The number of pyridine rings is 2. The standard InChI is InChI=1S/C21H14F3N5O/c1-12-20(29-11-16(30)6-7-19(29)26-12)17-8-13(10-25)9-18(28-17)27-15-4-2-14(3-5-15)21(22,23)24/h2-9,11,30H,1H3,(H,27,28). The van der Waals surface area contributed by atoms with Gasteiger partial charge in [-0.2, -0.15) is 18.4 Å². The van der Waals surface area contributed by atoms with Crippen LogP contribution in [0.5, 0.6) is 5.75 Å². The molecule has 4 aromatic rings. The Balaban J connectivity index is 1.76. The lowest BCUT2D eigenvalue weighted by molar-refractivity contribution is -0.137. The first-order valence-electron chi connectivity index (χ1n) is 8.79. The highest BCUT2D eigenvalue weighted by Gasteiger charge is 2.30. The fraction of sp³-hybridized carbons (Fsp3) is 0.0952. The molecule has 9 heteroatoms. The van der Waals surface area contributed by atoms with Gasteiger partial charge in [-0.05, 0) is 55.5 Å². The fourth-order valence-electron chi connectivity index (χ4n) is 3.13. The van der Waals surface area contributed by atoms with Gasteiger partial charge in [0.1, 0.15) is 17.2 Å². The molecule has 0 unspecified atom stereocenters. The average molecular weight is 409 g/mol. The molecule has 0 saturated carbocycles. The van der Waals surface area contributed by atoms with Gasteiger partial charge in [0.25, 0.3) is 0 Å². The predicted octanol–water partition coefficient (Wildman–Crippen LogP) is 5.04. The third-order valence-electron chi connectivity index (χ3n) is 4.46. The van der Waals surface area contributed by atoms with Crippen LogP contribution < -0.4 is 5.32 Å². The molecule has 150 valence electrons. The Kier molecular flexibility index (Phi) is 4.54. The molecular weight excluding hydrogens is 395 g/mol. The number of hydrogen-bond donors (Lipinski definition) is 2. The van der Waals surface area contributed by atoms with E-state index in [4.69, 9.17) is 0 Å². The summed E-state index contributed by atoms with van der Waals surface area (Å²) in [5.41, 5.74) is 2.21. The molecule has 1 aromatic carbocycles. The molecule has 30 heavy (non-hydrogen) atoms. The average Bonchev–Trinajstić information content (AvgIpc) is 3.02. The fourth-order valence-corrected chi connectivity index (χ4v) is 3.13. The number of aryl methyl sites for hydroxylation is 1. The highest BCUT2D eigenvalue weighted by molar-refractivity contribution is 5.69. The summed E-state index contributed by atoms with van der Waals surface area (Å²) in [5, 5.41) is 22.2. The molecule has 3 heterocycles. The molecule has 0 atom stereocenters. The van der Waals surface area contributed by atoms with Gasteiger partial charge in [0.15, 0.2) is 0 Å². The lowest BCUT2D eigenvalue weighted by Gasteiger charge is -2.11. The number of alkyl halides is 3. The number of nitrogens with one attached hydrogen (secondary N) is 1. The van der Waals surface area contributed by atoms with Crippen molar-refractivity contribution in [2.75, 3.05) is 5.32 Å². The van der Waals surface area contributed by atoms with Crippen molar-refractivity contribution in [1.82, 2.24) is 14.4 Å². The first kappa shape index (κ1) is 19.3. The largest absolute Gasteiger partial charge is 0.506 e. The number of nitrogens with zero attached hydrogens (tertiary/aromatic N) is 4. The number of rotatable bonds is 3. The third-order valence-corrected chi connectivity index (χ3v) is 4.46. The summed E-state index contributed by atoms with van der Waals surface area (Å²) in [7, 11) is 0. The number of anilines is 2. The molecule has 0 aliphatic carbocycles. The summed E-state index contributed by atoms with van der Waals surface area (Å²) in [6.07, 6.45) is -2.93. The Morgan fingerprint density at radius 2 is 1.80 bits per heavy atom. The van der Waals surface area contributed by atoms with Crippen LogP contribution in [0, 0.1) is 18.3 Å². The number of halogens is 3. The first-order chi connectivity index (χ1) is 14.2. The number of aromatic hydroxyl groups is 1. The quantitative estimate of drug-likeness (QED) is 0.495. The number of imidazole rings is 1. The topological polar surface area (TPSA) is 86.2 Å². The smallest absolute Gasteiger partial charge is 0.416 e. The van der Waals surface area contributed by atoms with Crippen molar-refractivity contribution in [3.05, 3.63) is 71.5 Å². The van der Waals surface area contributed by atoms with Crippen molar-refractivity contribution < 1.29 is 18.3 Å². The van der Waals surface area contributed by atoms with Crippen LogP contribution in [-0.2, 0) is 6.18 Å². The number of nitriles is 1. The zero-order valence-electron chi connectivity index (χ0n) is 15.6. The highest BCUT2D eigenvalue weighted by Crippen LogP contribution is 2.31. The van der Waals surface area contributed by atoms with Crippen LogP contribution in [-0.4, -0.2) is 19.5 Å². The van der Waals surface area contributed by atoms with E-state index >= 15 is 0 Å². The lowest BCUT2D eigenvalue weighted by Crippen LogP contribution is -2.04. The maximum atomic E-state index is 12.8. The molecular formula is C21H14F3N5O. The van der Waals surface area contributed by atoms with Gasteiger partial charge in [-0.25, -0.2) is 9.97 Å². The van der Waals surface area contributed by atoms with Crippen molar-refractivity contribution >= 4 is 17.2 Å². The van der Waals surface area contributed by atoms with Crippen LogP contribution in [0.4, 0.5) is 24.7 Å². The Bertz CT molecular complexity index is 1290. The monoisotopic (exact) mass is 409 g/mol. The molecule has 0 fully saturated rings. The lowest BCUT2D eigenvalue weighted by atomic mass is 10.1. The molecule has 0 amide bonds. The molecule has 0 bridgehead atoms. The number of benzene rings is 1. The van der Waals surface area contributed by atoms with E-state index in [1.54, 1.807) is 23.5 Å². The number of hydrogen-bond acceptors (Lipinski definition) is 5. The second-order valence-electron chi connectivity index (χ2n) is 6.60. The Labute approximate surface area is 168 Å². The maximum Gasteiger partial charge on any atom is 0.416 e. The summed E-state index contributed by atoms with van der Waals surface area (Å²) in [6, 6.07) is 12.8. The molecule has 0 radical (unpaired) electrons. The van der Waals surface area contributed by atoms with E-state index in [2.05, 4.69) is 21.4 Å². The minimum absolute atomic E-state index is 0.0423. The van der Waals surface area contributed by atoms with Crippen molar-refractivity contribution in [2.45, 2.75) is 13.1 Å². The van der Waals surface area contributed by atoms with Gasteiger partial charge in [0.05, 0.1) is 40.5 Å². The minimum Gasteiger partial charge on any atom is -0.506 e. The van der Waals surface area contributed by atoms with Gasteiger partial charge in [0.2, 0.25) is 0 Å². The molecule has 6 nitrogen and oxygen atoms in total. The van der Waals surface area contributed by atoms with Crippen LogP contribution >= 0.6 is 0 Å². The Morgan fingerprint density at radius 3 is 2.47 bits per heavy atom. The maximum absolute atomic E-state index is 12.8. The van der Waals surface area contributed by atoms with Crippen molar-refractivity contribution in [1.29, 1.82) is 5.26 Å². The van der Waals surface area contributed by atoms with Crippen LogP contribution in [0.15, 0.2) is 54.7 Å². The van der Waals surface area contributed by atoms with Gasteiger partial charge in [-0.1, -0.05) is 0 Å². The van der Waals surface area contributed by atoms with Crippen LogP contribution in [0.25, 0.3) is 17.0 Å². The third kappa shape index (κ3) is 3.63. The second kappa shape index (κ2) is 7.08. The Hall–Kier alpha value is -4.06. The van der Waals surface area contributed by atoms with Crippen molar-refractivity contribution in [3.8, 4) is 23.2 Å². The molecule has 4 rings (SSSR count). The highest BCUT2D eigenvalue weighted by atomic mass is 19.4. The molecule has 2 N–H and O–H groups in total. The summed E-state index contributed by atoms with van der Waals surface area (Å²) in [6.45, 7) is 1.78. The van der Waals surface area contributed by atoms with E-state index < -0.39 is 11.7 Å². The van der Waals surface area contributed by atoms with Gasteiger partial charge < -0.3 is 10.4 Å². The summed E-state index contributed by atoms with van der Waals surface area (Å²) in [5.74, 6) is 0.332. The molecule has 3 aromatic heterocycles. The SMILES string of the molecule is Cc1nc2ccc(O)cn2c1-c1cc(C#N)cc(Nc2ccc(C(F)(F)F)cc2)n1. The van der Waals surface area contributed by atoms with Crippen LogP contribution in [0.2, 0.25) is 0 Å². The van der Waals surface area contributed by atoms with E-state index in [1.165, 1.54) is 30.5 Å². The van der Waals surface area contributed by atoms with Crippen LogP contribution in [0.1, 0.15) is 16.8 Å². The van der Waals surface area contributed by atoms with Crippen molar-refractivity contribution in [2.24, 2.45) is 0 Å². The molecule has 0 spiro atoms. The number of fused-ring (bicyclic) bond motifs is 1. The van der Waals surface area contributed by atoms with Gasteiger partial charge in [-0.15, -0.1) is 0 Å². The normalized spacial score (nSPS) is 11.4. The van der Waals surface area contributed by atoms with Gasteiger partial charge >= 0.3 is 6.18 Å². The summed E-state index contributed by atoms with van der Waals surface area (Å²) >= 11 is 0. The second-order valence-corrected chi connectivity index (χ2v) is 6.60.